The van der Waals surface area contributed by atoms with E-state index in [1.54, 1.807) is 38.3 Å². The number of benzene rings is 2. The highest BCUT2D eigenvalue weighted by atomic mass is 35.5. The summed E-state index contributed by atoms with van der Waals surface area (Å²) in [6.07, 6.45) is 3.23. The summed E-state index contributed by atoms with van der Waals surface area (Å²) < 4.78 is 25.9. The van der Waals surface area contributed by atoms with Gasteiger partial charge in [0, 0.05) is 24.9 Å². The summed E-state index contributed by atoms with van der Waals surface area (Å²) in [5, 5.41) is 3.63. The van der Waals surface area contributed by atoms with Crippen LogP contribution in [0.25, 0.3) is 10.9 Å². The molecule has 0 saturated carbocycles. The molecule has 0 bridgehead atoms. The molecular weight excluding hydrogens is 423 g/mol. The normalized spacial score (nSPS) is 15.9. The van der Waals surface area contributed by atoms with Crippen molar-refractivity contribution in [3.63, 3.8) is 0 Å². The Morgan fingerprint density at radius 3 is 2.94 bits per heavy atom. The second-order valence-corrected chi connectivity index (χ2v) is 7.70. The SMILES string of the molecule is COc1cc2ncnc(Nc3cccc(Cl)c3F)c2cc1OCC1CCCN1C(C)=O. The van der Waals surface area contributed by atoms with Crippen molar-refractivity contribution in [3.05, 3.63) is 47.5 Å². The molecular formula is C22H22ClFN4O3. The summed E-state index contributed by atoms with van der Waals surface area (Å²) >= 11 is 5.89. The third-order valence-electron chi connectivity index (χ3n) is 5.34. The van der Waals surface area contributed by atoms with Crippen LogP contribution in [0.2, 0.25) is 5.02 Å². The van der Waals surface area contributed by atoms with Gasteiger partial charge in [-0.15, -0.1) is 0 Å². The average molecular weight is 445 g/mol. The van der Waals surface area contributed by atoms with Gasteiger partial charge in [-0.05, 0) is 31.0 Å². The first kappa shape index (κ1) is 21.1. The number of nitrogens with zero attached hydrogens (tertiary/aromatic N) is 3. The van der Waals surface area contributed by atoms with Gasteiger partial charge < -0.3 is 19.7 Å². The first-order valence-corrected chi connectivity index (χ1v) is 10.3. The molecule has 1 unspecified atom stereocenters. The maximum atomic E-state index is 14.4. The van der Waals surface area contributed by atoms with E-state index in [0.29, 0.717) is 34.8 Å². The molecule has 1 aliphatic rings. The Balaban J connectivity index is 1.65. The minimum absolute atomic E-state index is 0.0145. The van der Waals surface area contributed by atoms with E-state index in [0.717, 1.165) is 19.4 Å². The van der Waals surface area contributed by atoms with Gasteiger partial charge in [0.2, 0.25) is 5.91 Å². The molecule has 1 fully saturated rings. The van der Waals surface area contributed by atoms with Crippen molar-refractivity contribution < 1.29 is 18.7 Å². The number of halogens is 2. The molecule has 1 N–H and O–H groups in total. The largest absolute Gasteiger partial charge is 0.493 e. The number of anilines is 2. The number of hydrogen-bond donors (Lipinski definition) is 1. The number of hydrogen-bond acceptors (Lipinski definition) is 6. The lowest BCUT2D eigenvalue weighted by Crippen LogP contribution is -2.37. The lowest BCUT2D eigenvalue weighted by atomic mass is 10.2. The molecule has 0 aliphatic carbocycles. The van der Waals surface area contributed by atoms with E-state index < -0.39 is 5.82 Å². The van der Waals surface area contributed by atoms with Crippen LogP contribution in [-0.4, -0.2) is 47.1 Å². The van der Waals surface area contributed by atoms with Gasteiger partial charge in [0.15, 0.2) is 17.3 Å². The third kappa shape index (κ3) is 4.34. The first-order chi connectivity index (χ1) is 15.0. The number of amides is 1. The van der Waals surface area contributed by atoms with E-state index in [2.05, 4.69) is 15.3 Å². The van der Waals surface area contributed by atoms with Crippen LogP contribution < -0.4 is 14.8 Å². The topological polar surface area (TPSA) is 76.6 Å². The van der Waals surface area contributed by atoms with Crippen molar-refractivity contribution in [2.75, 3.05) is 25.6 Å². The Morgan fingerprint density at radius 2 is 2.16 bits per heavy atom. The van der Waals surface area contributed by atoms with Crippen molar-refractivity contribution in [2.45, 2.75) is 25.8 Å². The molecule has 4 rings (SSSR count). The number of aromatic nitrogens is 2. The Hall–Kier alpha value is -3.13. The lowest BCUT2D eigenvalue weighted by Gasteiger charge is -2.24. The van der Waals surface area contributed by atoms with E-state index in [1.807, 2.05) is 4.90 Å². The van der Waals surface area contributed by atoms with Crippen molar-refractivity contribution in [2.24, 2.45) is 0 Å². The predicted octanol–water partition coefficient (Wildman–Crippen LogP) is 4.56. The molecule has 9 heteroatoms. The molecule has 162 valence electrons. The monoisotopic (exact) mass is 444 g/mol. The fraction of sp³-hybridized carbons (Fsp3) is 0.318. The Kier molecular flexibility index (Phi) is 6.08. The number of likely N-dealkylation sites (tertiary alicyclic amines) is 1. The zero-order valence-corrected chi connectivity index (χ0v) is 17.9. The van der Waals surface area contributed by atoms with Crippen LogP contribution in [-0.2, 0) is 4.79 Å². The zero-order chi connectivity index (χ0) is 22.0. The summed E-state index contributed by atoms with van der Waals surface area (Å²) in [7, 11) is 1.55. The molecule has 1 amide bonds. The van der Waals surface area contributed by atoms with Gasteiger partial charge in [-0.1, -0.05) is 17.7 Å². The van der Waals surface area contributed by atoms with Gasteiger partial charge in [-0.25, -0.2) is 14.4 Å². The van der Waals surface area contributed by atoms with Crippen molar-refractivity contribution in [3.8, 4) is 11.5 Å². The number of methoxy groups -OCH3 is 1. The standard InChI is InChI=1S/C22H22ClFN4O3/c1-13(29)28-8-4-5-14(28)11-31-20-9-15-18(10-19(20)30-2)25-12-26-22(15)27-17-7-3-6-16(23)21(17)24/h3,6-7,9-10,12,14H,4-5,8,11H2,1-2H3,(H,25,26,27). The smallest absolute Gasteiger partial charge is 0.219 e. The number of carbonyl (C=O) groups excluding carboxylic acids is 1. The molecule has 31 heavy (non-hydrogen) atoms. The first-order valence-electron chi connectivity index (χ1n) is 9.91. The molecule has 2 heterocycles. The van der Waals surface area contributed by atoms with Crippen LogP contribution in [0.3, 0.4) is 0 Å². The quantitative estimate of drug-likeness (QED) is 0.600. The van der Waals surface area contributed by atoms with Crippen LogP contribution in [0, 0.1) is 5.82 Å². The molecule has 1 aromatic heterocycles. The Labute approximate surface area is 184 Å². The summed E-state index contributed by atoms with van der Waals surface area (Å²) in [5.41, 5.74) is 0.809. The van der Waals surface area contributed by atoms with Crippen molar-refractivity contribution in [1.29, 1.82) is 0 Å². The van der Waals surface area contributed by atoms with E-state index in [9.17, 15) is 9.18 Å². The second kappa shape index (κ2) is 8.93. The highest BCUT2D eigenvalue weighted by molar-refractivity contribution is 6.31. The third-order valence-corrected chi connectivity index (χ3v) is 5.63. The second-order valence-electron chi connectivity index (χ2n) is 7.29. The highest BCUT2D eigenvalue weighted by Crippen LogP contribution is 2.36. The van der Waals surface area contributed by atoms with Gasteiger partial charge in [0.1, 0.15) is 18.8 Å². The predicted molar refractivity (Wildman–Crippen MR) is 117 cm³/mol. The summed E-state index contributed by atoms with van der Waals surface area (Å²) in [6, 6.07) is 8.21. The van der Waals surface area contributed by atoms with E-state index in [1.165, 1.54) is 12.4 Å². The summed E-state index contributed by atoms with van der Waals surface area (Å²) in [5.74, 6) is 0.893. The maximum Gasteiger partial charge on any atom is 0.219 e. The van der Waals surface area contributed by atoms with Gasteiger partial charge in [-0.2, -0.15) is 0 Å². The molecule has 1 atom stereocenters. The van der Waals surface area contributed by atoms with Crippen LogP contribution in [0.1, 0.15) is 19.8 Å². The van der Waals surface area contributed by atoms with Crippen molar-refractivity contribution in [1.82, 2.24) is 14.9 Å². The molecule has 7 nitrogen and oxygen atoms in total. The Morgan fingerprint density at radius 1 is 1.32 bits per heavy atom. The number of fused-ring (bicyclic) bond motifs is 1. The number of ether oxygens (including phenoxy) is 2. The fourth-order valence-corrected chi connectivity index (χ4v) is 3.95. The molecule has 2 aromatic carbocycles. The van der Waals surface area contributed by atoms with E-state index >= 15 is 0 Å². The molecule has 1 aliphatic heterocycles. The fourth-order valence-electron chi connectivity index (χ4n) is 3.77. The summed E-state index contributed by atoms with van der Waals surface area (Å²) in [6.45, 7) is 2.66. The maximum absolute atomic E-state index is 14.4. The van der Waals surface area contributed by atoms with E-state index in [4.69, 9.17) is 21.1 Å². The molecule has 0 radical (unpaired) electrons. The van der Waals surface area contributed by atoms with Crippen LogP contribution >= 0.6 is 11.6 Å². The molecule has 0 spiro atoms. The minimum atomic E-state index is -0.563. The number of nitrogens with one attached hydrogen (secondary N) is 1. The molecule has 1 saturated heterocycles. The van der Waals surface area contributed by atoms with Crippen molar-refractivity contribution >= 4 is 39.9 Å². The number of rotatable bonds is 6. The van der Waals surface area contributed by atoms with Gasteiger partial charge in [-0.3, -0.25) is 4.79 Å². The zero-order valence-electron chi connectivity index (χ0n) is 17.2. The lowest BCUT2D eigenvalue weighted by molar-refractivity contribution is -0.130. The number of carbonyl (C=O) groups is 1. The van der Waals surface area contributed by atoms with Gasteiger partial charge in [0.25, 0.3) is 0 Å². The van der Waals surface area contributed by atoms with Gasteiger partial charge in [0.05, 0.1) is 29.4 Å². The highest BCUT2D eigenvalue weighted by Gasteiger charge is 2.27. The summed E-state index contributed by atoms with van der Waals surface area (Å²) in [4.78, 5) is 22.2. The van der Waals surface area contributed by atoms with Crippen LogP contribution in [0.4, 0.5) is 15.9 Å². The Bertz CT molecular complexity index is 1130. The van der Waals surface area contributed by atoms with E-state index in [-0.39, 0.29) is 22.7 Å². The van der Waals surface area contributed by atoms with Gasteiger partial charge >= 0.3 is 0 Å². The van der Waals surface area contributed by atoms with Crippen LogP contribution in [0.5, 0.6) is 11.5 Å². The minimum Gasteiger partial charge on any atom is -0.493 e. The molecule has 3 aromatic rings. The average Bonchev–Trinajstić information content (AvgIpc) is 3.24. The van der Waals surface area contributed by atoms with Crippen LogP contribution in [0.15, 0.2) is 36.7 Å².